The lowest BCUT2D eigenvalue weighted by molar-refractivity contribution is 0.102. The quantitative estimate of drug-likeness (QED) is 0.626. The normalized spacial score (nSPS) is 9.89. The zero-order chi connectivity index (χ0) is 13.0. The molecule has 2 aromatic rings. The molecule has 0 saturated heterocycles. The van der Waals surface area contributed by atoms with Gasteiger partial charge in [0, 0.05) is 18.1 Å². The minimum Gasteiger partial charge on any atom is -0.423 e. The molecule has 1 amide bonds. The predicted molar refractivity (Wildman–Crippen MR) is 66.3 cm³/mol. The average molecular weight is 243 g/mol. The fourth-order valence-corrected chi connectivity index (χ4v) is 1.35. The number of anilines is 1. The fraction of sp³-hybridized carbons (Fsp3) is 0. The van der Waals surface area contributed by atoms with E-state index in [1.54, 1.807) is 12.1 Å². The number of nitrogens with one attached hydrogen (secondary N) is 1. The van der Waals surface area contributed by atoms with Crippen molar-refractivity contribution in [2.45, 2.75) is 0 Å². The summed E-state index contributed by atoms with van der Waals surface area (Å²) in [5.74, 6) is -0.375. The Morgan fingerprint density at radius 3 is 2.44 bits per heavy atom. The molecule has 2 rings (SSSR count). The minimum atomic E-state index is -1.52. The van der Waals surface area contributed by atoms with Crippen molar-refractivity contribution in [3.63, 3.8) is 0 Å². The monoisotopic (exact) mass is 243 g/mol. The lowest BCUT2D eigenvalue weighted by atomic mass is 9.80. The van der Waals surface area contributed by atoms with Crippen molar-refractivity contribution in [2.24, 2.45) is 0 Å². The SMILES string of the molecule is O=C(Nc1ccc(B(O)O)cc1)c1cnccn1. The highest BCUT2D eigenvalue weighted by Gasteiger charge is 2.11. The maximum absolute atomic E-state index is 11.7. The van der Waals surface area contributed by atoms with Crippen LogP contribution in [-0.4, -0.2) is 33.0 Å². The molecule has 0 aliphatic heterocycles. The van der Waals surface area contributed by atoms with Crippen LogP contribution in [0, 0.1) is 0 Å². The van der Waals surface area contributed by atoms with Gasteiger partial charge in [-0.2, -0.15) is 0 Å². The Kier molecular flexibility index (Phi) is 3.66. The van der Waals surface area contributed by atoms with Crippen LogP contribution in [0.3, 0.4) is 0 Å². The first-order valence-corrected chi connectivity index (χ1v) is 5.20. The molecule has 0 saturated carbocycles. The van der Waals surface area contributed by atoms with Gasteiger partial charge in [0.15, 0.2) is 0 Å². The molecule has 0 aliphatic carbocycles. The standard InChI is InChI=1S/C11H10BN3O3/c16-11(10-7-13-5-6-14-10)15-9-3-1-8(2-4-9)12(17)18/h1-7,17-18H,(H,15,16). The van der Waals surface area contributed by atoms with Crippen molar-refractivity contribution in [1.29, 1.82) is 0 Å². The third kappa shape index (κ3) is 2.90. The maximum atomic E-state index is 11.7. The predicted octanol–water partition coefficient (Wildman–Crippen LogP) is -0.591. The third-order valence-corrected chi connectivity index (χ3v) is 2.26. The second-order valence-corrected chi connectivity index (χ2v) is 3.54. The number of rotatable bonds is 3. The summed E-state index contributed by atoms with van der Waals surface area (Å²) < 4.78 is 0. The van der Waals surface area contributed by atoms with E-state index in [4.69, 9.17) is 10.0 Å². The summed E-state index contributed by atoms with van der Waals surface area (Å²) >= 11 is 0. The van der Waals surface area contributed by atoms with E-state index in [0.717, 1.165) is 0 Å². The smallest absolute Gasteiger partial charge is 0.423 e. The highest BCUT2D eigenvalue weighted by molar-refractivity contribution is 6.58. The van der Waals surface area contributed by atoms with Crippen molar-refractivity contribution in [2.75, 3.05) is 5.32 Å². The zero-order valence-electron chi connectivity index (χ0n) is 9.32. The molecule has 1 aromatic heterocycles. The number of benzene rings is 1. The molecule has 0 radical (unpaired) electrons. The lowest BCUT2D eigenvalue weighted by Gasteiger charge is -2.05. The molecule has 1 aromatic carbocycles. The second-order valence-electron chi connectivity index (χ2n) is 3.54. The number of aromatic nitrogens is 2. The highest BCUT2D eigenvalue weighted by atomic mass is 16.4. The van der Waals surface area contributed by atoms with Gasteiger partial charge in [0.2, 0.25) is 0 Å². The highest BCUT2D eigenvalue weighted by Crippen LogP contribution is 2.06. The van der Waals surface area contributed by atoms with Crippen LogP contribution in [0.4, 0.5) is 5.69 Å². The van der Waals surface area contributed by atoms with Crippen LogP contribution in [0.1, 0.15) is 10.5 Å². The molecule has 0 aliphatic rings. The molecular formula is C11H10BN3O3. The van der Waals surface area contributed by atoms with Gasteiger partial charge < -0.3 is 15.4 Å². The van der Waals surface area contributed by atoms with Crippen LogP contribution in [0.2, 0.25) is 0 Å². The summed E-state index contributed by atoms with van der Waals surface area (Å²) in [6, 6.07) is 6.17. The van der Waals surface area contributed by atoms with Gasteiger partial charge in [-0.25, -0.2) is 4.98 Å². The molecule has 7 heteroatoms. The summed E-state index contributed by atoms with van der Waals surface area (Å²) in [5.41, 5.74) is 1.10. The Morgan fingerprint density at radius 2 is 1.89 bits per heavy atom. The van der Waals surface area contributed by atoms with E-state index >= 15 is 0 Å². The molecule has 6 nitrogen and oxygen atoms in total. The number of amides is 1. The Morgan fingerprint density at radius 1 is 1.17 bits per heavy atom. The van der Waals surface area contributed by atoms with E-state index in [0.29, 0.717) is 11.2 Å². The van der Waals surface area contributed by atoms with Crippen LogP contribution < -0.4 is 10.8 Å². The van der Waals surface area contributed by atoms with Crippen molar-refractivity contribution >= 4 is 24.2 Å². The van der Waals surface area contributed by atoms with E-state index in [-0.39, 0.29) is 11.6 Å². The summed E-state index contributed by atoms with van der Waals surface area (Å²) in [4.78, 5) is 19.4. The van der Waals surface area contributed by atoms with E-state index in [9.17, 15) is 4.79 Å². The molecule has 0 unspecified atom stereocenters. The Bertz CT molecular complexity index is 531. The van der Waals surface area contributed by atoms with Gasteiger partial charge in [-0.3, -0.25) is 9.78 Å². The topological polar surface area (TPSA) is 95.3 Å². The van der Waals surface area contributed by atoms with Crippen molar-refractivity contribution < 1.29 is 14.8 Å². The summed E-state index contributed by atoms with van der Waals surface area (Å²) in [6.45, 7) is 0. The largest absolute Gasteiger partial charge is 0.488 e. The van der Waals surface area contributed by atoms with Crippen LogP contribution in [-0.2, 0) is 0 Å². The summed E-state index contributed by atoms with van der Waals surface area (Å²) in [6.07, 6.45) is 4.27. The molecule has 3 N–H and O–H groups in total. The maximum Gasteiger partial charge on any atom is 0.488 e. The average Bonchev–Trinajstić information content (AvgIpc) is 2.40. The number of hydrogen-bond acceptors (Lipinski definition) is 5. The van der Waals surface area contributed by atoms with Crippen molar-refractivity contribution in [3.8, 4) is 0 Å². The van der Waals surface area contributed by atoms with Crippen LogP contribution in [0.25, 0.3) is 0 Å². The Balaban J connectivity index is 2.08. The van der Waals surface area contributed by atoms with Crippen molar-refractivity contribution in [1.82, 2.24) is 9.97 Å². The Labute approximate surface area is 103 Å². The van der Waals surface area contributed by atoms with Crippen LogP contribution in [0.5, 0.6) is 0 Å². The third-order valence-electron chi connectivity index (χ3n) is 2.26. The van der Waals surface area contributed by atoms with Crippen molar-refractivity contribution in [3.05, 3.63) is 48.5 Å². The number of nitrogens with zero attached hydrogens (tertiary/aromatic N) is 2. The first-order chi connectivity index (χ1) is 8.66. The van der Waals surface area contributed by atoms with E-state index in [1.165, 1.54) is 30.7 Å². The van der Waals surface area contributed by atoms with Crippen LogP contribution in [0.15, 0.2) is 42.9 Å². The molecule has 0 fully saturated rings. The van der Waals surface area contributed by atoms with Gasteiger partial charge in [0.1, 0.15) is 5.69 Å². The van der Waals surface area contributed by atoms with Gasteiger partial charge in [0.25, 0.3) is 5.91 Å². The molecule has 90 valence electrons. The molecule has 0 atom stereocenters. The molecule has 0 spiro atoms. The Hall–Kier alpha value is -2.25. The van der Waals surface area contributed by atoms with E-state index in [1.807, 2.05) is 0 Å². The molecule has 18 heavy (non-hydrogen) atoms. The molecular weight excluding hydrogens is 233 g/mol. The second kappa shape index (κ2) is 5.39. The van der Waals surface area contributed by atoms with Gasteiger partial charge in [0.05, 0.1) is 6.20 Å². The number of carbonyl (C=O) groups is 1. The minimum absolute atomic E-state index is 0.212. The first kappa shape index (κ1) is 12.2. The molecule has 0 bridgehead atoms. The lowest BCUT2D eigenvalue weighted by Crippen LogP contribution is -2.29. The number of hydrogen-bond donors (Lipinski definition) is 3. The summed E-state index contributed by atoms with van der Waals surface area (Å²) in [7, 11) is -1.52. The molecule has 1 heterocycles. The number of carbonyl (C=O) groups excluding carboxylic acids is 1. The van der Waals surface area contributed by atoms with Gasteiger partial charge in [-0.15, -0.1) is 0 Å². The van der Waals surface area contributed by atoms with Crippen LogP contribution >= 0.6 is 0 Å². The fourth-order valence-electron chi connectivity index (χ4n) is 1.35. The van der Waals surface area contributed by atoms with Gasteiger partial charge >= 0.3 is 7.12 Å². The summed E-state index contributed by atoms with van der Waals surface area (Å²) in [5, 5.41) is 20.5. The van der Waals surface area contributed by atoms with E-state index in [2.05, 4.69) is 15.3 Å². The van der Waals surface area contributed by atoms with Gasteiger partial charge in [-0.1, -0.05) is 12.1 Å². The van der Waals surface area contributed by atoms with Gasteiger partial charge in [-0.05, 0) is 17.6 Å². The van der Waals surface area contributed by atoms with E-state index < -0.39 is 7.12 Å². The first-order valence-electron chi connectivity index (χ1n) is 5.20. The zero-order valence-corrected chi connectivity index (χ0v) is 9.32.